The predicted molar refractivity (Wildman–Crippen MR) is 72.4 cm³/mol. The van der Waals surface area contributed by atoms with Crippen molar-refractivity contribution in [2.45, 2.75) is 39.7 Å². The van der Waals surface area contributed by atoms with Crippen LogP contribution < -0.4 is 11.1 Å². The Kier molecular flexibility index (Phi) is 8.97. The van der Waals surface area contributed by atoms with E-state index in [4.69, 9.17) is 15.2 Å². The molecule has 5 heteroatoms. The van der Waals surface area contributed by atoms with Crippen LogP contribution in [-0.2, 0) is 14.3 Å². The molecule has 18 heavy (non-hydrogen) atoms. The number of rotatable bonds is 9. The van der Waals surface area contributed by atoms with Gasteiger partial charge in [0.15, 0.2) is 0 Å². The zero-order valence-corrected chi connectivity index (χ0v) is 12.1. The number of hydrogen-bond acceptors (Lipinski definition) is 4. The van der Waals surface area contributed by atoms with E-state index in [2.05, 4.69) is 26.1 Å². The molecule has 0 radical (unpaired) electrons. The molecule has 0 aromatic rings. The average Bonchev–Trinajstić information content (AvgIpc) is 2.20. The summed E-state index contributed by atoms with van der Waals surface area (Å²) in [4.78, 5) is 11.6. The molecular formula is C13H28N2O3. The molecule has 5 nitrogen and oxygen atoms in total. The Balaban J connectivity index is 3.53. The van der Waals surface area contributed by atoms with E-state index >= 15 is 0 Å². The molecule has 1 amide bonds. The first-order valence-electron chi connectivity index (χ1n) is 6.44. The second-order valence-corrected chi connectivity index (χ2v) is 5.68. The summed E-state index contributed by atoms with van der Waals surface area (Å²) >= 11 is 0. The second kappa shape index (κ2) is 9.30. The first-order valence-corrected chi connectivity index (χ1v) is 6.44. The molecule has 1 atom stereocenters. The molecule has 0 aromatic heterocycles. The standard InChI is InChI=1S/C13H28N2O3/c1-13(2,3)10-11(14)9-12(16)15-5-6-18-8-7-17-4/h11H,5-10,14H2,1-4H3,(H,15,16). The lowest BCUT2D eigenvalue weighted by Crippen LogP contribution is -2.35. The molecule has 0 saturated heterocycles. The summed E-state index contributed by atoms with van der Waals surface area (Å²) in [5, 5.41) is 2.79. The Morgan fingerprint density at radius 1 is 1.28 bits per heavy atom. The van der Waals surface area contributed by atoms with Crippen LogP contribution in [0.1, 0.15) is 33.6 Å². The largest absolute Gasteiger partial charge is 0.382 e. The minimum absolute atomic E-state index is 0.0120. The lowest BCUT2D eigenvalue weighted by molar-refractivity contribution is -0.121. The minimum Gasteiger partial charge on any atom is -0.382 e. The fraction of sp³-hybridized carbons (Fsp3) is 0.923. The maximum absolute atomic E-state index is 11.6. The SMILES string of the molecule is COCCOCCNC(=O)CC(N)CC(C)(C)C. The van der Waals surface area contributed by atoms with Gasteiger partial charge in [-0.05, 0) is 11.8 Å². The van der Waals surface area contributed by atoms with E-state index in [0.29, 0.717) is 32.8 Å². The quantitative estimate of drug-likeness (QED) is 0.605. The van der Waals surface area contributed by atoms with Crippen LogP contribution in [-0.4, -0.2) is 45.4 Å². The Bertz CT molecular complexity index is 227. The maximum Gasteiger partial charge on any atom is 0.221 e. The van der Waals surface area contributed by atoms with Gasteiger partial charge in [-0.15, -0.1) is 0 Å². The van der Waals surface area contributed by atoms with E-state index in [9.17, 15) is 4.79 Å². The van der Waals surface area contributed by atoms with E-state index in [1.54, 1.807) is 7.11 Å². The smallest absolute Gasteiger partial charge is 0.221 e. The highest BCUT2D eigenvalue weighted by Gasteiger charge is 2.17. The molecule has 108 valence electrons. The Hall–Kier alpha value is -0.650. The summed E-state index contributed by atoms with van der Waals surface area (Å²) < 4.78 is 10.1. The number of amides is 1. The van der Waals surface area contributed by atoms with Gasteiger partial charge in [-0.25, -0.2) is 0 Å². The van der Waals surface area contributed by atoms with Crippen molar-refractivity contribution in [2.24, 2.45) is 11.1 Å². The topological polar surface area (TPSA) is 73.6 Å². The summed E-state index contributed by atoms with van der Waals surface area (Å²) in [6.45, 7) is 8.51. The van der Waals surface area contributed by atoms with Gasteiger partial charge in [-0.2, -0.15) is 0 Å². The number of hydrogen-bond donors (Lipinski definition) is 2. The summed E-state index contributed by atoms with van der Waals surface area (Å²) in [6.07, 6.45) is 1.21. The van der Waals surface area contributed by atoms with Crippen molar-refractivity contribution in [2.75, 3.05) is 33.5 Å². The zero-order valence-electron chi connectivity index (χ0n) is 12.1. The van der Waals surface area contributed by atoms with E-state index < -0.39 is 0 Å². The summed E-state index contributed by atoms with van der Waals surface area (Å²) in [5.74, 6) is -0.0120. The number of nitrogens with two attached hydrogens (primary N) is 1. The number of ether oxygens (including phenoxy) is 2. The molecule has 0 aliphatic rings. The van der Waals surface area contributed by atoms with Gasteiger partial charge in [0.1, 0.15) is 0 Å². The monoisotopic (exact) mass is 260 g/mol. The lowest BCUT2D eigenvalue weighted by atomic mass is 9.87. The summed E-state index contributed by atoms with van der Waals surface area (Å²) in [6, 6.07) is -0.0839. The Morgan fingerprint density at radius 2 is 1.94 bits per heavy atom. The van der Waals surface area contributed by atoms with E-state index in [-0.39, 0.29) is 17.4 Å². The van der Waals surface area contributed by atoms with Crippen molar-refractivity contribution in [3.05, 3.63) is 0 Å². The van der Waals surface area contributed by atoms with E-state index in [0.717, 1.165) is 6.42 Å². The molecule has 0 rings (SSSR count). The van der Waals surface area contributed by atoms with Gasteiger partial charge in [-0.1, -0.05) is 20.8 Å². The first kappa shape index (κ1) is 17.4. The molecule has 0 aliphatic carbocycles. The maximum atomic E-state index is 11.6. The Morgan fingerprint density at radius 3 is 2.50 bits per heavy atom. The fourth-order valence-corrected chi connectivity index (χ4v) is 1.68. The van der Waals surface area contributed by atoms with Crippen molar-refractivity contribution in [1.29, 1.82) is 0 Å². The average molecular weight is 260 g/mol. The lowest BCUT2D eigenvalue weighted by Gasteiger charge is -2.22. The Labute approximate surface area is 110 Å². The van der Waals surface area contributed by atoms with Gasteiger partial charge in [0, 0.05) is 26.1 Å². The molecule has 0 spiro atoms. The number of carbonyl (C=O) groups excluding carboxylic acids is 1. The molecule has 0 aliphatic heterocycles. The van der Waals surface area contributed by atoms with Crippen molar-refractivity contribution in [1.82, 2.24) is 5.32 Å². The van der Waals surface area contributed by atoms with Crippen molar-refractivity contribution in [3.8, 4) is 0 Å². The number of nitrogens with one attached hydrogen (secondary N) is 1. The number of methoxy groups -OCH3 is 1. The van der Waals surface area contributed by atoms with Gasteiger partial charge >= 0.3 is 0 Å². The third-order valence-electron chi connectivity index (χ3n) is 2.32. The van der Waals surface area contributed by atoms with Gasteiger partial charge < -0.3 is 20.5 Å². The molecule has 3 N–H and O–H groups in total. The van der Waals surface area contributed by atoms with Crippen molar-refractivity contribution >= 4 is 5.91 Å². The molecule has 0 bridgehead atoms. The van der Waals surface area contributed by atoms with Crippen LogP contribution in [0.25, 0.3) is 0 Å². The highest BCUT2D eigenvalue weighted by Crippen LogP contribution is 2.20. The van der Waals surface area contributed by atoms with Crippen LogP contribution in [0.5, 0.6) is 0 Å². The van der Waals surface area contributed by atoms with Crippen LogP contribution in [0.4, 0.5) is 0 Å². The van der Waals surface area contributed by atoms with Crippen LogP contribution in [0, 0.1) is 5.41 Å². The molecule has 1 unspecified atom stereocenters. The number of carbonyl (C=O) groups is 1. The van der Waals surface area contributed by atoms with Crippen LogP contribution in [0.2, 0.25) is 0 Å². The summed E-state index contributed by atoms with van der Waals surface area (Å²) in [7, 11) is 1.63. The third-order valence-corrected chi connectivity index (χ3v) is 2.32. The fourth-order valence-electron chi connectivity index (χ4n) is 1.68. The van der Waals surface area contributed by atoms with Crippen LogP contribution >= 0.6 is 0 Å². The second-order valence-electron chi connectivity index (χ2n) is 5.68. The molecule has 0 fully saturated rings. The first-order chi connectivity index (χ1) is 8.35. The normalized spacial score (nSPS) is 13.4. The predicted octanol–water partition coefficient (Wildman–Crippen LogP) is 0.919. The van der Waals surface area contributed by atoms with E-state index in [1.807, 2.05) is 0 Å². The van der Waals surface area contributed by atoms with Gasteiger partial charge in [-0.3, -0.25) is 4.79 Å². The van der Waals surface area contributed by atoms with Gasteiger partial charge in [0.25, 0.3) is 0 Å². The third kappa shape index (κ3) is 11.8. The van der Waals surface area contributed by atoms with Gasteiger partial charge in [0.05, 0.1) is 19.8 Å². The highest BCUT2D eigenvalue weighted by atomic mass is 16.5. The molecular weight excluding hydrogens is 232 g/mol. The van der Waals surface area contributed by atoms with Crippen LogP contribution in [0.15, 0.2) is 0 Å². The molecule has 0 heterocycles. The van der Waals surface area contributed by atoms with Crippen molar-refractivity contribution in [3.63, 3.8) is 0 Å². The summed E-state index contributed by atoms with van der Waals surface area (Å²) in [5.41, 5.74) is 6.08. The van der Waals surface area contributed by atoms with Crippen LogP contribution in [0.3, 0.4) is 0 Å². The van der Waals surface area contributed by atoms with E-state index in [1.165, 1.54) is 0 Å². The minimum atomic E-state index is -0.0839. The zero-order chi connectivity index (χ0) is 14.0. The highest BCUT2D eigenvalue weighted by molar-refractivity contribution is 5.76. The molecule has 0 saturated carbocycles. The van der Waals surface area contributed by atoms with Gasteiger partial charge in [0.2, 0.25) is 5.91 Å². The van der Waals surface area contributed by atoms with Crippen molar-refractivity contribution < 1.29 is 14.3 Å². The molecule has 0 aromatic carbocycles.